The zero-order valence-corrected chi connectivity index (χ0v) is 28.8. The van der Waals surface area contributed by atoms with Crippen molar-refractivity contribution in [1.29, 1.82) is 0 Å². The van der Waals surface area contributed by atoms with Crippen LogP contribution in [-0.4, -0.2) is 58.9 Å². The normalized spacial score (nSPS) is 13.2. The molecule has 5 aromatic rings. The van der Waals surface area contributed by atoms with E-state index >= 15 is 0 Å². The molecule has 0 spiro atoms. The molecule has 0 saturated carbocycles. The number of sulfonamides is 1. The van der Waals surface area contributed by atoms with E-state index in [9.17, 15) is 31.1 Å². The van der Waals surface area contributed by atoms with Crippen LogP contribution < -0.4 is 14.2 Å². The molecule has 51 heavy (non-hydrogen) atoms. The zero-order valence-electron chi connectivity index (χ0n) is 28.0. The minimum Gasteiger partial charge on any atom is -0.497 e. The van der Waals surface area contributed by atoms with Crippen LogP contribution in [-0.2, 0) is 35.3 Å². The Kier molecular flexibility index (Phi) is 11.3. The van der Waals surface area contributed by atoms with Gasteiger partial charge in [0.25, 0.3) is 0 Å². The third-order valence-corrected chi connectivity index (χ3v) is 10.0. The van der Waals surface area contributed by atoms with Gasteiger partial charge in [-0.2, -0.15) is 9.40 Å². The van der Waals surface area contributed by atoms with Gasteiger partial charge in [0.05, 0.1) is 37.9 Å². The van der Waals surface area contributed by atoms with Crippen molar-refractivity contribution in [3.05, 3.63) is 125 Å². The molecule has 0 bridgehead atoms. The van der Waals surface area contributed by atoms with Gasteiger partial charge in [-0.3, -0.25) is 4.68 Å². The molecule has 15 heteroatoms. The highest BCUT2D eigenvalue weighted by atomic mass is 32.2. The molecule has 0 fully saturated rings. The summed E-state index contributed by atoms with van der Waals surface area (Å²) >= 11 is 0. The largest absolute Gasteiger partial charge is 0.573 e. The number of ether oxygens (including phenoxy) is 3. The lowest BCUT2D eigenvalue weighted by Gasteiger charge is -2.30. The van der Waals surface area contributed by atoms with E-state index in [1.807, 2.05) is 0 Å². The van der Waals surface area contributed by atoms with Gasteiger partial charge in [-0.05, 0) is 78.2 Å². The molecule has 0 amide bonds. The van der Waals surface area contributed by atoms with Crippen LogP contribution in [0.4, 0.5) is 17.6 Å². The summed E-state index contributed by atoms with van der Waals surface area (Å²) in [6.07, 6.45) is -3.44. The number of aromatic nitrogens is 3. The maximum Gasteiger partial charge on any atom is 0.573 e. The van der Waals surface area contributed by atoms with Gasteiger partial charge in [0, 0.05) is 24.8 Å². The predicted octanol–water partition coefficient (Wildman–Crippen LogP) is 6.68. The molecule has 2 heterocycles. The lowest BCUT2D eigenvalue weighted by molar-refractivity contribution is -0.274. The smallest absolute Gasteiger partial charge is 0.497 e. The van der Waals surface area contributed by atoms with Gasteiger partial charge in [-0.1, -0.05) is 37.3 Å². The Morgan fingerprint density at radius 2 is 1.41 bits per heavy atom. The summed E-state index contributed by atoms with van der Waals surface area (Å²) in [5.41, 5.74) is 0.119. The molecule has 5 rings (SSSR count). The summed E-state index contributed by atoms with van der Waals surface area (Å²) in [4.78, 5) is 4.57. The Morgan fingerprint density at radius 3 is 1.96 bits per heavy atom. The number of methoxy groups -OCH3 is 2. The van der Waals surface area contributed by atoms with Gasteiger partial charge in [-0.15, -0.1) is 13.2 Å². The molecule has 1 N–H and O–H groups in total. The second kappa shape index (κ2) is 15.5. The van der Waals surface area contributed by atoms with Crippen molar-refractivity contribution in [3.8, 4) is 28.6 Å². The first-order chi connectivity index (χ1) is 24.2. The number of hydrogen-bond donors (Lipinski definition) is 1. The van der Waals surface area contributed by atoms with Gasteiger partial charge < -0.3 is 19.3 Å². The quantitative estimate of drug-likeness (QED) is 0.119. The fourth-order valence-electron chi connectivity index (χ4n) is 5.34. The maximum atomic E-state index is 14.5. The molecule has 0 radical (unpaired) electrons. The van der Waals surface area contributed by atoms with E-state index in [2.05, 4.69) is 14.8 Å². The lowest BCUT2D eigenvalue weighted by Crippen LogP contribution is -2.42. The lowest BCUT2D eigenvalue weighted by atomic mass is 9.98. The van der Waals surface area contributed by atoms with Gasteiger partial charge in [0.2, 0.25) is 10.0 Å². The van der Waals surface area contributed by atoms with Crippen LogP contribution in [0.5, 0.6) is 17.2 Å². The van der Waals surface area contributed by atoms with Crippen LogP contribution >= 0.6 is 0 Å². The minimum absolute atomic E-state index is 0.00560. The van der Waals surface area contributed by atoms with Crippen molar-refractivity contribution in [3.63, 3.8) is 0 Å². The van der Waals surface area contributed by atoms with Crippen LogP contribution in [0.2, 0.25) is 0 Å². The molecular formula is C36H36F4N4O6S. The number of rotatable bonds is 15. The topological polar surface area (TPSA) is 116 Å². The van der Waals surface area contributed by atoms with Crippen molar-refractivity contribution in [1.82, 2.24) is 19.1 Å². The van der Waals surface area contributed by atoms with Crippen LogP contribution in [0.3, 0.4) is 0 Å². The van der Waals surface area contributed by atoms with Crippen LogP contribution in [0, 0.1) is 5.82 Å². The van der Waals surface area contributed by atoms with E-state index in [0.717, 1.165) is 18.2 Å². The Morgan fingerprint density at radius 1 is 0.824 bits per heavy atom. The van der Waals surface area contributed by atoms with Crippen molar-refractivity contribution >= 4 is 10.0 Å². The number of alkyl halides is 3. The molecule has 1 unspecified atom stereocenters. The second-order valence-corrected chi connectivity index (χ2v) is 13.7. The highest BCUT2D eigenvalue weighted by Crippen LogP contribution is 2.31. The molecule has 2 aromatic heterocycles. The molecule has 3 aromatic carbocycles. The molecule has 0 aliphatic carbocycles. The predicted molar refractivity (Wildman–Crippen MR) is 181 cm³/mol. The molecule has 0 saturated heterocycles. The first-order valence-corrected chi connectivity index (χ1v) is 17.3. The summed E-state index contributed by atoms with van der Waals surface area (Å²) in [6.45, 7) is 1.49. The SMILES string of the molecule is CCC(O)(CS(=O)(=O)N(Cc1ccc(OC)cc1)Cc1ccc(OC)cc1)c1cccc(-c2ccn(Cc3cc(OC(F)(F)F)ccc3F)n2)n1. The Balaban J connectivity index is 1.39. The fraction of sp³-hybridized carbons (Fsp3) is 0.278. The van der Waals surface area contributed by atoms with Crippen molar-refractivity contribution in [2.75, 3.05) is 20.0 Å². The van der Waals surface area contributed by atoms with E-state index in [4.69, 9.17) is 9.47 Å². The summed E-state index contributed by atoms with van der Waals surface area (Å²) < 4.78 is 97.8. The van der Waals surface area contributed by atoms with E-state index in [1.54, 1.807) is 73.7 Å². The van der Waals surface area contributed by atoms with Crippen LogP contribution in [0.15, 0.2) is 97.2 Å². The summed E-state index contributed by atoms with van der Waals surface area (Å²) in [6, 6.07) is 23.0. The molecule has 270 valence electrons. The monoisotopic (exact) mass is 728 g/mol. The summed E-state index contributed by atoms with van der Waals surface area (Å²) in [5.74, 6) is -0.749. The van der Waals surface area contributed by atoms with E-state index in [1.165, 1.54) is 35.5 Å². The van der Waals surface area contributed by atoms with Gasteiger partial charge in [-0.25, -0.2) is 17.8 Å². The van der Waals surface area contributed by atoms with Crippen LogP contribution in [0.25, 0.3) is 11.4 Å². The molecule has 0 aliphatic heterocycles. The second-order valence-electron chi connectivity index (χ2n) is 11.7. The third kappa shape index (κ3) is 9.62. The average molecular weight is 729 g/mol. The number of aliphatic hydroxyl groups is 1. The van der Waals surface area contributed by atoms with Gasteiger partial charge in [0.15, 0.2) is 0 Å². The van der Waals surface area contributed by atoms with Gasteiger partial charge >= 0.3 is 6.36 Å². The fourth-order valence-corrected chi connectivity index (χ4v) is 7.17. The van der Waals surface area contributed by atoms with Crippen molar-refractivity contribution in [2.45, 2.75) is 44.9 Å². The molecule has 1 atom stereocenters. The minimum atomic E-state index is -4.93. The molecule has 10 nitrogen and oxygen atoms in total. The number of benzene rings is 3. The first-order valence-electron chi connectivity index (χ1n) is 15.7. The molecular weight excluding hydrogens is 692 g/mol. The maximum absolute atomic E-state index is 14.5. The van der Waals surface area contributed by atoms with Crippen LogP contribution in [0.1, 0.15) is 35.7 Å². The Hall–Kier alpha value is -4.99. The van der Waals surface area contributed by atoms with Crippen molar-refractivity contribution < 1.29 is 45.3 Å². The Labute approximate surface area is 292 Å². The number of halogens is 4. The zero-order chi connectivity index (χ0) is 36.8. The first kappa shape index (κ1) is 37.3. The van der Waals surface area contributed by atoms with E-state index in [0.29, 0.717) is 34.0 Å². The summed E-state index contributed by atoms with van der Waals surface area (Å²) in [5, 5.41) is 16.3. The van der Waals surface area contributed by atoms with Gasteiger partial charge in [0.1, 0.15) is 34.4 Å². The average Bonchev–Trinajstić information content (AvgIpc) is 3.58. The standard InChI is InChI=1S/C36H36F4N4O6S/c1-4-35(45,24-51(46,47)44(21-25-8-12-28(48-2)13-9-25)22-26-10-14-29(49-3)15-11-26)34-7-5-6-32(41-34)33-18-19-43(42-33)23-27-20-30(16-17-31(27)37)50-36(38,39)40/h5-20,45H,4,21-24H2,1-3H3. The van der Waals surface area contributed by atoms with E-state index in [-0.39, 0.29) is 37.3 Å². The highest BCUT2D eigenvalue weighted by molar-refractivity contribution is 7.89. The third-order valence-electron chi connectivity index (χ3n) is 8.15. The number of nitrogens with zero attached hydrogens (tertiary/aromatic N) is 4. The molecule has 0 aliphatic rings. The highest BCUT2D eigenvalue weighted by Gasteiger charge is 2.38. The number of hydrogen-bond acceptors (Lipinski definition) is 8. The number of pyridine rings is 1. The van der Waals surface area contributed by atoms with Crippen molar-refractivity contribution in [2.24, 2.45) is 0 Å². The Bertz CT molecular complexity index is 1990. The van der Waals surface area contributed by atoms with E-state index < -0.39 is 39.3 Å². The summed E-state index contributed by atoms with van der Waals surface area (Å²) in [7, 11) is -1.07.